The Bertz CT molecular complexity index is 851. The first-order chi connectivity index (χ1) is 11.7. The number of carbonyl (C=O) groups is 2. The summed E-state index contributed by atoms with van der Waals surface area (Å²) < 4.78 is 5.06. The van der Waals surface area contributed by atoms with Crippen LogP contribution in [0.25, 0.3) is 17.3 Å². The zero-order chi connectivity index (χ0) is 16.8. The Hall–Kier alpha value is -3.61. The van der Waals surface area contributed by atoms with Crippen LogP contribution in [0.5, 0.6) is 0 Å². The molecule has 0 fully saturated rings. The fourth-order valence-corrected chi connectivity index (χ4v) is 1.97. The molecule has 0 aliphatic carbocycles. The van der Waals surface area contributed by atoms with Crippen molar-refractivity contribution in [1.82, 2.24) is 21.0 Å². The number of rotatable bonds is 4. The highest BCUT2D eigenvalue weighted by Crippen LogP contribution is 2.16. The third-order valence-corrected chi connectivity index (χ3v) is 3.13. The molecule has 0 aliphatic heterocycles. The number of furan rings is 1. The number of benzene rings is 1. The van der Waals surface area contributed by atoms with Gasteiger partial charge in [0.15, 0.2) is 0 Å². The maximum absolute atomic E-state index is 12.0. The highest BCUT2D eigenvalue weighted by Gasteiger charge is 2.11. The van der Waals surface area contributed by atoms with E-state index in [1.807, 2.05) is 30.3 Å². The fourth-order valence-electron chi connectivity index (χ4n) is 1.97. The van der Waals surface area contributed by atoms with E-state index in [2.05, 4.69) is 21.0 Å². The van der Waals surface area contributed by atoms with Gasteiger partial charge < -0.3 is 4.42 Å². The van der Waals surface area contributed by atoms with Gasteiger partial charge in [-0.3, -0.25) is 25.5 Å². The van der Waals surface area contributed by atoms with Gasteiger partial charge in [-0.15, -0.1) is 0 Å². The predicted octanol–water partition coefficient (Wildman–Crippen LogP) is 2.14. The van der Waals surface area contributed by atoms with Gasteiger partial charge in [-0.2, -0.15) is 5.10 Å². The summed E-state index contributed by atoms with van der Waals surface area (Å²) in [7, 11) is 0. The number of hydrogen-bond donors (Lipinski definition) is 3. The van der Waals surface area contributed by atoms with E-state index in [0.717, 1.165) is 5.56 Å². The Morgan fingerprint density at radius 1 is 1.08 bits per heavy atom. The zero-order valence-corrected chi connectivity index (χ0v) is 12.5. The van der Waals surface area contributed by atoms with Gasteiger partial charge >= 0.3 is 0 Å². The van der Waals surface area contributed by atoms with Crippen LogP contribution in [-0.4, -0.2) is 22.0 Å². The molecule has 0 saturated carbocycles. The monoisotopic (exact) mass is 322 g/mol. The van der Waals surface area contributed by atoms with Gasteiger partial charge in [-0.1, -0.05) is 30.3 Å². The second-order valence-corrected chi connectivity index (χ2v) is 4.83. The maximum atomic E-state index is 12.0. The molecule has 0 spiro atoms. The summed E-state index contributed by atoms with van der Waals surface area (Å²) in [4.78, 5) is 23.6. The zero-order valence-electron chi connectivity index (χ0n) is 12.5. The second kappa shape index (κ2) is 7.10. The van der Waals surface area contributed by atoms with Gasteiger partial charge in [0.25, 0.3) is 11.8 Å². The second-order valence-electron chi connectivity index (χ2n) is 4.83. The smallest absolute Gasteiger partial charge is 0.287 e. The number of nitrogens with one attached hydrogen (secondary N) is 3. The summed E-state index contributed by atoms with van der Waals surface area (Å²) in [5.41, 5.74) is 6.35. The van der Waals surface area contributed by atoms with E-state index < -0.39 is 11.8 Å². The lowest BCUT2D eigenvalue weighted by Gasteiger charge is -2.02. The minimum Gasteiger partial charge on any atom is -0.465 e. The number of nitrogens with zero attached hydrogens (tertiary/aromatic N) is 1. The third kappa shape index (κ3) is 3.77. The normalized spacial score (nSPS) is 10.7. The average Bonchev–Trinajstić information content (AvgIpc) is 3.30. The number of H-pyrrole nitrogens is 1. The number of hydrogen-bond acceptors (Lipinski definition) is 4. The van der Waals surface area contributed by atoms with Gasteiger partial charge in [0.2, 0.25) is 0 Å². The maximum Gasteiger partial charge on any atom is 0.287 e. The van der Waals surface area contributed by atoms with Crippen LogP contribution < -0.4 is 10.9 Å². The Labute approximate surface area is 137 Å². The molecule has 0 atom stereocenters. The molecule has 3 aromatic rings. The van der Waals surface area contributed by atoms with Crippen molar-refractivity contribution >= 4 is 17.9 Å². The van der Waals surface area contributed by atoms with Crippen molar-refractivity contribution in [1.29, 1.82) is 0 Å². The number of amides is 2. The number of hydrazine groups is 1. The highest BCUT2D eigenvalue weighted by atomic mass is 16.3. The summed E-state index contributed by atoms with van der Waals surface area (Å²) in [5.74, 6) is -0.440. The first kappa shape index (κ1) is 15.3. The molecule has 120 valence electrons. The molecule has 3 N–H and O–H groups in total. The Balaban J connectivity index is 1.56. The van der Waals surface area contributed by atoms with Crippen molar-refractivity contribution in [3.8, 4) is 11.3 Å². The predicted molar refractivity (Wildman–Crippen MR) is 87.4 cm³/mol. The number of aromatic nitrogens is 2. The molecular formula is C17H14N4O3. The van der Waals surface area contributed by atoms with Crippen LogP contribution in [0.2, 0.25) is 0 Å². The van der Waals surface area contributed by atoms with Crippen molar-refractivity contribution in [2.75, 3.05) is 0 Å². The van der Waals surface area contributed by atoms with E-state index >= 15 is 0 Å². The van der Waals surface area contributed by atoms with Gasteiger partial charge in [-0.05, 0) is 24.3 Å². The van der Waals surface area contributed by atoms with E-state index in [0.29, 0.717) is 11.5 Å². The van der Waals surface area contributed by atoms with Crippen molar-refractivity contribution in [2.24, 2.45) is 0 Å². The molecule has 0 aliphatic rings. The van der Waals surface area contributed by atoms with Crippen molar-refractivity contribution < 1.29 is 14.0 Å². The lowest BCUT2D eigenvalue weighted by molar-refractivity contribution is -0.117. The highest BCUT2D eigenvalue weighted by molar-refractivity contribution is 5.97. The minimum absolute atomic E-state index is 0.240. The molecule has 0 saturated heterocycles. The van der Waals surface area contributed by atoms with Gasteiger partial charge in [-0.25, -0.2) is 0 Å². The summed E-state index contributed by atoms with van der Waals surface area (Å²) in [6.07, 6.45) is 4.24. The molecule has 2 aromatic heterocycles. The fraction of sp³-hybridized carbons (Fsp3) is 0. The first-order valence-electron chi connectivity index (χ1n) is 7.15. The number of aromatic amines is 1. The van der Waals surface area contributed by atoms with Crippen LogP contribution >= 0.6 is 0 Å². The molecule has 7 heteroatoms. The van der Waals surface area contributed by atoms with E-state index in [-0.39, 0.29) is 5.69 Å². The van der Waals surface area contributed by atoms with E-state index in [9.17, 15) is 9.59 Å². The summed E-state index contributed by atoms with van der Waals surface area (Å²) in [5, 5.41) is 6.72. The van der Waals surface area contributed by atoms with Crippen LogP contribution in [0.15, 0.2) is 65.3 Å². The van der Waals surface area contributed by atoms with Gasteiger partial charge in [0, 0.05) is 11.6 Å². The lowest BCUT2D eigenvalue weighted by Crippen LogP contribution is -2.40. The van der Waals surface area contributed by atoms with Crippen LogP contribution in [0, 0.1) is 0 Å². The average molecular weight is 322 g/mol. The molecular weight excluding hydrogens is 308 g/mol. The van der Waals surface area contributed by atoms with Crippen LogP contribution in [-0.2, 0) is 4.79 Å². The molecule has 3 rings (SSSR count). The molecule has 2 amide bonds. The van der Waals surface area contributed by atoms with Crippen LogP contribution in [0.4, 0.5) is 0 Å². The number of carbonyl (C=O) groups excluding carboxylic acids is 2. The molecule has 24 heavy (non-hydrogen) atoms. The molecule has 1 aromatic carbocycles. The molecule has 0 unspecified atom stereocenters. The summed E-state index contributed by atoms with van der Waals surface area (Å²) >= 11 is 0. The molecule has 0 radical (unpaired) electrons. The molecule has 7 nitrogen and oxygen atoms in total. The van der Waals surface area contributed by atoms with E-state index in [1.165, 1.54) is 18.4 Å². The van der Waals surface area contributed by atoms with Crippen molar-refractivity contribution in [2.45, 2.75) is 0 Å². The Kier molecular flexibility index (Phi) is 4.52. The SMILES string of the molecule is O=C(C=Cc1ccco1)NNC(=O)c1cc(-c2ccccc2)n[nH]1. The molecule has 0 bridgehead atoms. The van der Waals surface area contributed by atoms with Crippen LogP contribution in [0.1, 0.15) is 16.2 Å². The Morgan fingerprint density at radius 3 is 2.67 bits per heavy atom. The van der Waals surface area contributed by atoms with Gasteiger partial charge in [0.1, 0.15) is 11.5 Å². The minimum atomic E-state index is -0.496. The van der Waals surface area contributed by atoms with E-state index in [4.69, 9.17) is 4.42 Å². The van der Waals surface area contributed by atoms with E-state index in [1.54, 1.807) is 18.2 Å². The van der Waals surface area contributed by atoms with Gasteiger partial charge in [0.05, 0.1) is 12.0 Å². The third-order valence-electron chi connectivity index (χ3n) is 3.13. The van der Waals surface area contributed by atoms with Crippen LogP contribution in [0.3, 0.4) is 0 Å². The van der Waals surface area contributed by atoms with Crippen molar-refractivity contribution in [3.63, 3.8) is 0 Å². The van der Waals surface area contributed by atoms with Crippen molar-refractivity contribution in [3.05, 3.63) is 72.3 Å². The summed E-state index contributed by atoms with van der Waals surface area (Å²) in [6, 6.07) is 14.5. The lowest BCUT2D eigenvalue weighted by atomic mass is 10.1. The topological polar surface area (TPSA) is 100 Å². The molecule has 2 heterocycles. The first-order valence-corrected chi connectivity index (χ1v) is 7.15. The summed E-state index contributed by atoms with van der Waals surface area (Å²) in [6.45, 7) is 0. The largest absolute Gasteiger partial charge is 0.465 e. The quantitative estimate of drug-likeness (QED) is 0.506. The standard InChI is InChI=1S/C17H14N4O3/c22-16(9-8-13-7-4-10-24-13)20-21-17(23)15-11-14(18-19-15)12-5-2-1-3-6-12/h1-11H,(H,18,19)(H,20,22)(H,21,23). The Morgan fingerprint density at radius 2 is 1.92 bits per heavy atom.